The van der Waals surface area contributed by atoms with Gasteiger partial charge >= 0.3 is 5.97 Å². The number of hydrogen-bond acceptors (Lipinski definition) is 4. The minimum Gasteiger partial charge on any atom is -0.465 e. The van der Waals surface area contributed by atoms with Crippen LogP contribution in [0.25, 0.3) is 0 Å². The van der Waals surface area contributed by atoms with Crippen LogP contribution in [0.5, 0.6) is 0 Å². The summed E-state index contributed by atoms with van der Waals surface area (Å²) in [5.41, 5.74) is 1.82. The van der Waals surface area contributed by atoms with Gasteiger partial charge < -0.3 is 10.1 Å². The van der Waals surface area contributed by atoms with E-state index in [1.807, 2.05) is 12.1 Å². The first-order valence-electron chi connectivity index (χ1n) is 6.18. The fourth-order valence-corrected chi connectivity index (χ4v) is 1.92. The lowest BCUT2D eigenvalue weighted by Gasteiger charge is -2.07. The van der Waals surface area contributed by atoms with Gasteiger partial charge in [0, 0.05) is 6.20 Å². The van der Waals surface area contributed by atoms with Gasteiger partial charge in [-0.3, -0.25) is 9.48 Å². The molecular weight excluding hydrogens is 294 g/mol. The molecule has 0 saturated heterocycles. The van der Waals surface area contributed by atoms with Crippen LogP contribution in [-0.2, 0) is 16.1 Å². The topological polar surface area (TPSA) is 73.2 Å². The zero-order valence-corrected chi connectivity index (χ0v) is 12.1. The monoisotopic (exact) mass is 307 g/mol. The van der Waals surface area contributed by atoms with Gasteiger partial charge in [-0.05, 0) is 11.6 Å². The number of benzene rings is 1. The Balaban J connectivity index is 2.15. The second-order valence-corrected chi connectivity index (χ2v) is 4.52. The van der Waals surface area contributed by atoms with Crippen LogP contribution in [0.2, 0.25) is 0 Å². The molecule has 1 N–H and O–H groups in total. The van der Waals surface area contributed by atoms with Gasteiger partial charge in [0.2, 0.25) is 5.91 Å². The SMILES string of the molecule is COC(=O)c1ccccc1Cn1cc(NC(=O)CCl)cn1. The molecule has 0 aliphatic heterocycles. The lowest BCUT2D eigenvalue weighted by molar-refractivity contribution is -0.113. The summed E-state index contributed by atoms with van der Waals surface area (Å²) in [5, 5.41) is 6.73. The predicted octanol–water partition coefficient (Wildman–Crippen LogP) is 1.90. The second-order valence-electron chi connectivity index (χ2n) is 4.26. The van der Waals surface area contributed by atoms with E-state index in [1.54, 1.807) is 23.0 Å². The van der Waals surface area contributed by atoms with E-state index in [0.29, 0.717) is 17.8 Å². The van der Waals surface area contributed by atoms with E-state index in [1.165, 1.54) is 13.3 Å². The second kappa shape index (κ2) is 6.90. The van der Waals surface area contributed by atoms with Crippen molar-refractivity contribution >= 4 is 29.2 Å². The van der Waals surface area contributed by atoms with E-state index >= 15 is 0 Å². The predicted molar refractivity (Wildman–Crippen MR) is 78.5 cm³/mol. The zero-order valence-electron chi connectivity index (χ0n) is 11.4. The highest BCUT2D eigenvalue weighted by molar-refractivity contribution is 6.29. The summed E-state index contributed by atoms with van der Waals surface area (Å²) in [6.45, 7) is 0.391. The van der Waals surface area contributed by atoms with Crippen molar-refractivity contribution in [3.63, 3.8) is 0 Å². The van der Waals surface area contributed by atoms with Gasteiger partial charge in [0.25, 0.3) is 0 Å². The number of aromatic nitrogens is 2. The number of hydrogen-bond donors (Lipinski definition) is 1. The van der Waals surface area contributed by atoms with Crippen LogP contribution in [-0.4, -0.2) is 34.6 Å². The van der Waals surface area contributed by atoms with Gasteiger partial charge in [-0.2, -0.15) is 5.10 Å². The number of carbonyl (C=O) groups is 2. The Morgan fingerprint density at radius 1 is 1.38 bits per heavy atom. The molecule has 0 radical (unpaired) electrons. The van der Waals surface area contributed by atoms with Gasteiger partial charge in [0.05, 0.1) is 31.1 Å². The lowest BCUT2D eigenvalue weighted by atomic mass is 10.1. The molecule has 0 spiro atoms. The molecule has 0 aliphatic rings. The van der Waals surface area contributed by atoms with Crippen LogP contribution in [0.15, 0.2) is 36.7 Å². The van der Waals surface area contributed by atoms with E-state index in [2.05, 4.69) is 10.4 Å². The Labute approximate surface area is 126 Å². The third kappa shape index (κ3) is 3.82. The number of nitrogens with zero attached hydrogens (tertiary/aromatic N) is 2. The molecule has 21 heavy (non-hydrogen) atoms. The van der Waals surface area contributed by atoms with Crippen LogP contribution in [0, 0.1) is 0 Å². The average molecular weight is 308 g/mol. The normalized spacial score (nSPS) is 10.2. The van der Waals surface area contributed by atoms with E-state index in [-0.39, 0.29) is 11.8 Å². The number of halogens is 1. The van der Waals surface area contributed by atoms with Crippen molar-refractivity contribution in [1.82, 2.24) is 9.78 Å². The van der Waals surface area contributed by atoms with Gasteiger partial charge in [-0.15, -0.1) is 11.6 Å². The first-order chi connectivity index (χ1) is 10.1. The standard InChI is InChI=1S/C14H14ClN3O3/c1-21-14(20)12-5-3-2-4-10(12)8-18-9-11(7-16-18)17-13(19)6-15/h2-5,7,9H,6,8H2,1H3,(H,17,19). The number of rotatable bonds is 5. The summed E-state index contributed by atoms with van der Waals surface area (Å²) < 4.78 is 6.36. The maximum Gasteiger partial charge on any atom is 0.338 e. The third-order valence-electron chi connectivity index (χ3n) is 2.79. The minimum atomic E-state index is -0.395. The molecule has 1 heterocycles. The van der Waals surface area contributed by atoms with E-state index in [9.17, 15) is 9.59 Å². The molecule has 0 saturated carbocycles. The Hall–Kier alpha value is -2.34. The quantitative estimate of drug-likeness (QED) is 0.676. The summed E-state index contributed by atoms with van der Waals surface area (Å²) in [6, 6.07) is 7.12. The molecular formula is C14H14ClN3O3. The molecule has 2 aromatic rings. The Bertz CT molecular complexity index is 654. The van der Waals surface area contributed by atoms with Crippen LogP contribution >= 0.6 is 11.6 Å². The molecule has 2 rings (SSSR count). The molecule has 1 aromatic carbocycles. The van der Waals surface area contributed by atoms with Gasteiger partial charge in [-0.1, -0.05) is 18.2 Å². The van der Waals surface area contributed by atoms with Crippen molar-refractivity contribution in [2.24, 2.45) is 0 Å². The molecule has 110 valence electrons. The maximum absolute atomic E-state index is 11.7. The van der Waals surface area contributed by atoms with Gasteiger partial charge in [0.1, 0.15) is 5.88 Å². The summed E-state index contributed by atoms with van der Waals surface area (Å²) in [5.74, 6) is -0.810. The highest BCUT2D eigenvalue weighted by Gasteiger charge is 2.12. The smallest absolute Gasteiger partial charge is 0.338 e. The number of carbonyl (C=O) groups excluding carboxylic acids is 2. The Morgan fingerprint density at radius 3 is 2.86 bits per heavy atom. The van der Waals surface area contributed by atoms with Gasteiger partial charge in [0.15, 0.2) is 0 Å². The molecule has 0 unspecified atom stereocenters. The van der Waals surface area contributed by atoms with E-state index in [4.69, 9.17) is 16.3 Å². The fraction of sp³-hybridized carbons (Fsp3) is 0.214. The number of methoxy groups -OCH3 is 1. The number of alkyl halides is 1. The zero-order chi connectivity index (χ0) is 15.2. The molecule has 7 heteroatoms. The summed E-state index contributed by atoms with van der Waals surface area (Å²) in [6.07, 6.45) is 3.18. The van der Waals surface area contributed by atoms with Crippen molar-refractivity contribution < 1.29 is 14.3 Å². The number of amides is 1. The summed E-state index contributed by atoms with van der Waals surface area (Å²) in [4.78, 5) is 22.9. The van der Waals surface area contributed by atoms with Crippen molar-refractivity contribution in [2.45, 2.75) is 6.54 Å². The number of ether oxygens (including phenoxy) is 1. The van der Waals surface area contributed by atoms with Crippen LogP contribution in [0.3, 0.4) is 0 Å². The van der Waals surface area contributed by atoms with Crippen LogP contribution in [0.4, 0.5) is 5.69 Å². The molecule has 0 bridgehead atoms. The van der Waals surface area contributed by atoms with Crippen molar-refractivity contribution in [3.8, 4) is 0 Å². The minimum absolute atomic E-state index is 0.115. The Morgan fingerprint density at radius 2 is 2.14 bits per heavy atom. The molecule has 0 aliphatic carbocycles. The molecule has 6 nitrogen and oxygen atoms in total. The van der Waals surface area contributed by atoms with Crippen LogP contribution < -0.4 is 5.32 Å². The fourth-order valence-electron chi connectivity index (χ4n) is 1.85. The average Bonchev–Trinajstić information content (AvgIpc) is 2.94. The largest absolute Gasteiger partial charge is 0.465 e. The molecule has 1 aromatic heterocycles. The van der Waals surface area contributed by atoms with Gasteiger partial charge in [-0.25, -0.2) is 4.79 Å². The number of esters is 1. The highest BCUT2D eigenvalue weighted by Crippen LogP contribution is 2.13. The molecule has 1 amide bonds. The van der Waals surface area contributed by atoms with Crippen LogP contribution in [0.1, 0.15) is 15.9 Å². The lowest BCUT2D eigenvalue weighted by Crippen LogP contribution is -2.12. The highest BCUT2D eigenvalue weighted by atomic mass is 35.5. The maximum atomic E-state index is 11.7. The first-order valence-corrected chi connectivity index (χ1v) is 6.72. The van der Waals surface area contributed by atoms with E-state index in [0.717, 1.165) is 5.56 Å². The first kappa shape index (κ1) is 15.1. The number of anilines is 1. The van der Waals surface area contributed by atoms with E-state index < -0.39 is 5.97 Å². The molecule has 0 fully saturated rings. The number of nitrogens with one attached hydrogen (secondary N) is 1. The Kier molecular flexibility index (Phi) is 4.94. The summed E-state index contributed by atoms with van der Waals surface area (Å²) in [7, 11) is 1.34. The molecule has 0 atom stereocenters. The third-order valence-corrected chi connectivity index (χ3v) is 3.04. The van der Waals surface area contributed by atoms with Crippen molar-refractivity contribution in [1.29, 1.82) is 0 Å². The summed E-state index contributed by atoms with van der Waals surface area (Å²) >= 11 is 5.42. The van der Waals surface area contributed by atoms with Crippen molar-refractivity contribution in [2.75, 3.05) is 18.3 Å². The van der Waals surface area contributed by atoms with Crippen molar-refractivity contribution in [3.05, 3.63) is 47.8 Å².